The molecule has 4 saturated carbocycles. The minimum absolute atomic E-state index is 0.00967. The fourth-order valence-electron chi connectivity index (χ4n) is 6.11. The van der Waals surface area contributed by atoms with Gasteiger partial charge in [0.15, 0.2) is 0 Å². The first-order valence-electron chi connectivity index (χ1n) is 9.88. The predicted molar refractivity (Wildman–Crippen MR) is 100 cm³/mol. The lowest BCUT2D eigenvalue weighted by Crippen LogP contribution is -2.49. The lowest BCUT2D eigenvalue weighted by molar-refractivity contribution is -0.0395. The number of hydrogen-bond donors (Lipinski definition) is 0. The van der Waals surface area contributed by atoms with Gasteiger partial charge in [0.05, 0.1) is 5.75 Å². The van der Waals surface area contributed by atoms with Crippen molar-refractivity contribution in [3.8, 4) is 5.75 Å². The second kappa shape index (κ2) is 6.29. The van der Waals surface area contributed by atoms with Gasteiger partial charge in [-0.1, -0.05) is 26.0 Å². The molecule has 0 spiro atoms. The van der Waals surface area contributed by atoms with Crippen LogP contribution in [-0.4, -0.2) is 14.2 Å². The van der Waals surface area contributed by atoms with Crippen LogP contribution in [0.25, 0.3) is 0 Å². The Kier molecular flexibility index (Phi) is 4.38. The molecule has 1 aromatic carbocycles. The van der Waals surface area contributed by atoms with E-state index in [-0.39, 0.29) is 11.2 Å². The van der Waals surface area contributed by atoms with Crippen molar-refractivity contribution in [1.29, 1.82) is 0 Å². The largest absolute Gasteiger partial charge is 0.382 e. The molecule has 5 rings (SSSR count). The van der Waals surface area contributed by atoms with E-state index in [0.717, 1.165) is 43.4 Å². The Morgan fingerprint density at radius 2 is 1.56 bits per heavy atom. The SMILES string of the molecule is CCC(C)c1ccc(OS(=O)(=O)CC23CC4CC(CC(C4)C2)C3)cc1. The van der Waals surface area contributed by atoms with Crippen LogP contribution in [0, 0.1) is 23.2 Å². The first-order valence-corrected chi connectivity index (χ1v) is 11.5. The molecule has 0 N–H and O–H groups in total. The third-order valence-electron chi connectivity index (χ3n) is 6.93. The molecule has 0 saturated heterocycles. The Morgan fingerprint density at radius 1 is 1.04 bits per heavy atom. The molecule has 0 aliphatic heterocycles. The third-order valence-corrected chi connectivity index (χ3v) is 8.35. The fraction of sp³-hybridized carbons (Fsp3) is 0.714. The molecule has 0 heterocycles. The Bertz CT molecular complexity index is 685. The zero-order valence-corrected chi connectivity index (χ0v) is 16.2. The molecule has 0 aromatic heterocycles. The van der Waals surface area contributed by atoms with Crippen molar-refractivity contribution in [3.63, 3.8) is 0 Å². The average Bonchev–Trinajstić information content (AvgIpc) is 2.52. The first kappa shape index (κ1) is 17.4. The number of benzene rings is 1. The van der Waals surface area contributed by atoms with Crippen LogP contribution in [0.1, 0.15) is 70.3 Å². The van der Waals surface area contributed by atoms with Crippen LogP contribution in [0.2, 0.25) is 0 Å². The van der Waals surface area contributed by atoms with E-state index in [1.165, 1.54) is 24.8 Å². The van der Waals surface area contributed by atoms with E-state index in [0.29, 0.717) is 11.7 Å². The number of rotatable bonds is 6. The van der Waals surface area contributed by atoms with E-state index < -0.39 is 10.1 Å². The standard InChI is InChI=1S/C21H30O3S/c1-3-15(2)19-4-6-20(7-5-19)24-25(22,23)14-21-11-16-8-17(12-21)10-18(9-16)13-21/h4-7,15-18H,3,8-14H2,1-2H3. The zero-order valence-electron chi connectivity index (χ0n) is 15.4. The van der Waals surface area contributed by atoms with Crippen molar-refractivity contribution in [2.75, 3.05) is 5.75 Å². The quantitative estimate of drug-likeness (QED) is 0.659. The van der Waals surface area contributed by atoms with Crippen molar-refractivity contribution >= 4 is 10.1 Å². The minimum Gasteiger partial charge on any atom is -0.382 e. The second-order valence-corrected chi connectivity index (χ2v) is 10.7. The van der Waals surface area contributed by atoms with Crippen molar-refractivity contribution < 1.29 is 12.6 Å². The summed E-state index contributed by atoms with van der Waals surface area (Å²) in [5.74, 6) is 3.43. The van der Waals surface area contributed by atoms with Crippen LogP contribution in [0.15, 0.2) is 24.3 Å². The minimum atomic E-state index is -3.54. The average molecular weight is 363 g/mol. The molecular weight excluding hydrogens is 332 g/mol. The lowest BCUT2D eigenvalue weighted by atomic mass is 9.50. The maximum atomic E-state index is 12.7. The van der Waals surface area contributed by atoms with Gasteiger partial charge in [-0.05, 0) is 91.7 Å². The molecule has 0 amide bonds. The van der Waals surface area contributed by atoms with Gasteiger partial charge in [-0.3, -0.25) is 0 Å². The molecule has 4 aliphatic carbocycles. The summed E-state index contributed by atoms with van der Waals surface area (Å²) in [6.07, 6.45) is 8.34. The van der Waals surface area contributed by atoms with Gasteiger partial charge < -0.3 is 4.18 Å². The molecule has 1 unspecified atom stereocenters. The highest BCUT2D eigenvalue weighted by molar-refractivity contribution is 7.87. The lowest BCUT2D eigenvalue weighted by Gasteiger charge is -2.56. The van der Waals surface area contributed by atoms with E-state index in [1.807, 2.05) is 12.1 Å². The highest BCUT2D eigenvalue weighted by Crippen LogP contribution is 2.60. The van der Waals surface area contributed by atoms with E-state index in [9.17, 15) is 8.42 Å². The Morgan fingerprint density at radius 3 is 2.04 bits per heavy atom. The highest BCUT2D eigenvalue weighted by Gasteiger charge is 2.52. The van der Waals surface area contributed by atoms with Crippen molar-refractivity contribution in [2.45, 2.75) is 64.7 Å². The van der Waals surface area contributed by atoms with Crippen LogP contribution in [-0.2, 0) is 10.1 Å². The van der Waals surface area contributed by atoms with Crippen molar-refractivity contribution in [1.82, 2.24) is 0 Å². The van der Waals surface area contributed by atoms with Gasteiger partial charge in [-0.2, -0.15) is 8.42 Å². The third kappa shape index (κ3) is 3.60. The molecule has 3 nitrogen and oxygen atoms in total. The summed E-state index contributed by atoms with van der Waals surface area (Å²) < 4.78 is 31.0. The summed E-state index contributed by atoms with van der Waals surface area (Å²) in [4.78, 5) is 0. The van der Waals surface area contributed by atoms with E-state index >= 15 is 0 Å². The molecular formula is C21H30O3S. The molecule has 4 bridgehead atoms. The van der Waals surface area contributed by atoms with Gasteiger partial charge in [0.1, 0.15) is 5.75 Å². The van der Waals surface area contributed by atoms with E-state index in [4.69, 9.17) is 4.18 Å². The maximum Gasteiger partial charge on any atom is 0.309 e. The molecule has 0 radical (unpaired) electrons. The van der Waals surface area contributed by atoms with Gasteiger partial charge in [0.2, 0.25) is 0 Å². The van der Waals surface area contributed by atoms with E-state index in [2.05, 4.69) is 13.8 Å². The predicted octanol–water partition coefficient (Wildman–Crippen LogP) is 5.13. The molecule has 4 aliphatic rings. The van der Waals surface area contributed by atoms with Gasteiger partial charge in [0, 0.05) is 0 Å². The molecule has 1 aromatic rings. The summed E-state index contributed by atoms with van der Waals surface area (Å²) in [6, 6.07) is 7.59. The topological polar surface area (TPSA) is 43.4 Å². The normalized spacial score (nSPS) is 34.9. The zero-order chi connectivity index (χ0) is 17.7. The molecule has 138 valence electrons. The fourth-order valence-corrected chi connectivity index (χ4v) is 7.67. The number of hydrogen-bond acceptors (Lipinski definition) is 3. The Labute approximate surface area is 152 Å². The Balaban J connectivity index is 1.45. The summed E-state index contributed by atoms with van der Waals surface area (Å²) >= 11 is 0. The molecule has 1 atom stereocenters. The van der Waals surface area contributed by atoms with Gasteiger partial charge in [-0.15, -0.1) is 0 Å². The van der Waals surface area contributed by atoms with Crippen LogP contribution in [0.5, 0.6) is 5.75 Å². The van der Waals surface area contributed by atoms with Crippen molar-refractivity contribution in [3.05, 3.63) is 29.8 Å². The summed E-state index contributed by atoms with van der Waals surface area (Å²) in [7, 11) is -3.54. The second-order valence-electron chi connectivity index (χ2n) is 9.08. The van der Waals surface area contributed by atoms with Crippen LogP contribution < -0.4 is 4.18 Å². The molecule has 4 heteroatoms. The Hall–Kier alpha value is -1.03. The summed E-state index contributed by atoms with van der Waals surface area (Å²) in [5, 5.41) is 0. The maximum absolute atomic E-state index is 12.7. The monoisotopic (exact) mass is 362 g/mol. The van der Waals surface area contributed by atoms with Crippen molar-refractivity contribution in [2.24, 2.45) is 23.2 Å². The van der Waals surface area contributed by atoms with Crippen LogP contribution in [0.3, 0.4) is 0 Å². The van der Waals surface area contributed by atoms with Crippen LogP contribution >= 0.6 is 0 Å². The molecule has 25 heavy (non-hydrogen) atoms. The van der Waals surface area contributed by atoms with E-state index in [1.54, 1.807) is 12.1 Å². The first-order chi connectivity index (χ1) is 11.9. The van der Waals surface area contributed by atoms with Gasteiger partial charge in [-0.25, -0.2) is 0 Å². The van der Waals surface area contributed by atoms with Crippen LogP contribution in [0.4, 0.5) is 0 Å². The highest BCUT2D eigenvalue weighted by atomic mass is 32.2. The van der Waals surface area contributed by atoms with Gasteiger partial charge in [0.25, 0.3) is 0 Å². The van der Waals surface area contributed by atoms with Gasteiger partial charge >= 0.3 is 10.1 Å². The summed E-state index contributed by atoms with van der Waals surface area (Å²) in [5.41, 5.74) is 1.22. The summed E-state index contributed by atoms with van der Waals surface area (Å²) in [6.45, 7) is 4.34. The molecule has 4 fully saturated rings. The smallest absolute Gasteiger partial charge is 0.309 e.